The summed E-state index contributed by atoms with van der Waals surface area (Å²) in [5.74, 6) is -0.591. The van der Waals surface area contributed by atoms with Crippen molar-refractivity contribution < 1.29 is 9.59 Å². The fourth-order valence-electron chi connectivity index (χ4n) is 1.85. The van der Waals surface area contributed by atoms with Gasteiger partial charge in [0.1, 0.15) is 0 Å². The van der Waals surface area contributed by atoms with Gasteiger partial charge >= 0.3 is 0 Å². The van der Waals surface area contributed by atoms with Crippen LogP contribution in [0.15, 0.2) is 42.5 Å². The summed E-state index contributed by atoms with van der Waals surface area (Å²) in [6.07, 6.45) is 0. The normalized spacial score (nSPS) is 10.0. The molecule has 0 aliphatic carbocycles. The first kappa shape index (κ1) is 14.9. The van der Waals surface area contributed by atoms with Crippen LogP contribution in [0.25, 0.3) is 0 Å². The van der Waals surface area contributed by atoms with Crippen LogP contribution < -0.4 is 16.4 Å². The fraction of sp³-hybridized carbons (Fsp3) is 0.0667. The minimum Gasteiger partial charge on any atom is -0.398 e. The SMILES string of the molecule is CC(=O)Nc1cccc(NC(=O)c2c(N)cccc2Cl)c1. The summed E-state index contributed by atoms with van der Waals surface area (Å²) in [7, 11) is 0. The summed E-state index contributed by atoms with van der Waals surface area (Å²) in [4.78, 5) is 23.3. The largest absolute Gasteiger partial charge is 0.398 e. The number of carbonyl (C=O) groups is 2. The van der Waals surface area contributed by atoms with E-state index in [0.29, 0.717) is 17.1 Å². The lowest BCUT2D eigenvalue weighted by atomic mass is 10.1. The molecule has 2 rings (SSSR count). The van der Waals surface area contributed by atoms with Gasteiger partial charge in [-0.25, -0.2) is 0 Å². The van der Waals surface area contributed by atoms with E-state index in [0.717, 1.165) is 0 Å². The van der Waals surface area contributed by atoms with Gasteiger partial charge in [0.2, 0.25) is 5.91 Å². The van der Waals surface area contributed by atoms with E-state index in [1.807, 2.05) is 0 Å². The Morgan fingerprint density at radius 2 is 1.67 bits per heavy atom. The van der Waals surface area contributed by atoms with Gasteiger partial charge in [0, 0.05) is 24.0 Å². The molecule has 0 bridgehead atoms. The lowest BCUT2D eigenvalue weighted by molar-refractivity contribution is -0.114. The lowest BCUT2D eigenvalue weighted by Crippen LogP contribution is -2.15. The minimum atomic E-state index is -0.405. The smallest absolute Gasteiger partial charge is 0.259 e. The maximum atomic E-state index is 12.2. The molecule has 5 nitrogen and oxygen atoms in total. The van der Waals surface area contributed by atoms with Gasteiger partial charge in [0.05, 0.1) is 10.6 Å². The number of hydrogen-bond donors (Lipinski definition) is 3. The van der Waals surface area contributed by atoms with Crippen molar-refractivity contribution in [2.45, 2.75) is 6.92 Å². The Bertz CT molecular complexity index is 681. The lowest BCUT2D eigenvalue weighted by Gasteiger charge is -2.10. The van der Waals surface area contributed by atoms with Crippen molar-refractivity contribution in [2.24, 2.45) is 0 Å². The molecular weight excluding hydrogens is 290 g/mol. The molecule has 6 heteroatoms. The van der Waals surface area contributed by atoms with Crippen LogP contribution in [0.5, 0.6) is 0 Å². The first-order chi connectivity index (χ1) is 9.97. The predicted octanol–water partition coefficient (Wildman–Crippen LogP) is 3.13. The molecule has 0 saturated heterocycles. The Morgan fingerprint density at radius 3 is 2.29 bits per heavy atom. The van der Waals surface area contributed by atoms with E-state index in [1.54, 1.807) is 42.5 Å². The third-order valence-electron chi connectivity index (χ3n) is 2.71. The molecule has 0 radical (unpaired) electrons. The van der Waals surface area contributed by atoms with Crippen molar-refractivity contribution in [3.63, 3.8) is 0 Å². The summed E-state index contributed by atoms with van der Waals surface area (Å²) in [6, 6.07) is 11.7. The second kappa shape index (κ2) is 6.28. The molecule has 0 fully saturated rings. The van der Waals surface area contributed by atoms with E-state index in [1.165, 1.54) is 6.92 Å². The third-order valence-corrected chi connectivity index (χ3v) is 3.03. The van der Waals surface area contributed by atoms with Gasteiger partial charge in [-0.1, -0.05) is 23.7 Å². The van der Waals surface area contributed by atoms with E-state index in [4.69, 9.17) is 17.3 Å². The molecule has 2 aromatic carbocycles. The molecular formula is C15H14ClN3O2. The number of anilines is 3. The maximum absolute atomic E-state index is 12.2. The topological polar surface area (TPSA) is 84.2 Å². The van der Waals surface area contributed by atoms with E-state index in [-0.39, 0.29) is 16.5 Å². The van der Waals surface area contributed by atoms with Crippen molar-refractivity contribution in [1.29, 1.82) is 0 Å². The number of carbonyl (C=O) groups excluding carboxylic acids is 2. The van der Waals surface area contributed by atoms with E-state index in [2.05, 4.69) is 10.6 Å². The number of hydrogen-bond acceptors (Lipinski definition) is 3. The van der Waals surface area contributed by atoms with Crippen LogP contribution in [0.3, 0.4) is 0 Å². The van der Waals surface area contributed by atoms with Gasteiger partial charge in [-0.15, -0.1) is 0 Å². The van der Waals surface area contributed by atoms with Gasteiger partial charge in [0.15, 0.2) is 0 Å². The van der Waals surface area contributed by atoms with Crippen molar-refractivity contribution in [1.82, 2.24) is 0 Å². The number of benzene rings is 2. The van der Waals surface area contributed by atoms with Crippen LogP contribution in [0.4, 0.5) is 17.1 Å². The number of amides is 2. The molecule has 0 atom stereocenters. The minimum absolute atomic E-state index is 0.186. The van der Waals surface area contributed by atoms with E-state index < -0.39 is 5.91 Å². The van der Waals surface area contributed by atoms with Crippen LogP contribution in [0, 0.1) is 0 Å². The number of nitrogens with one attached hydrogen (secondary N) is 2. The van der Waals surface area contributed by atoms with Crippen LogP contribution in [0.1, 0.15) is 17.3 Å². The predicted molar refractivity (Wildman–Crippen MR) is 84.6 cm³/mol. The first-order valence-electron chi connectivity index (χ1n) is 6.20. The van der Waals surface area contributed by atoms with Crippen LogP contribution in [-0.4, -0.2) is 11.8 Å². The summed E-state index contributed by atoms with van der Waals surface area (Å²) in [5.41, 5.74) is 7.42. The highest BCUT2D eigenvalue weighted by atomic mass is 35.5. The Labute approximate surface area is 127 Å². The Hall–Kier alpha value is -2.53. The van der Waals surface area contributed by atoms with Crippen molar-refractivity contribution in [3.05, 3.63) is 53.1 Å². The average Bonchev–Trinajstić information content (AvgIpc) is 2.37. The van der Waals surface area contributed by atoms with Crippen molar-refractivity contribution in [2.75, 3.05) is 16.4 Å². The number of halogens is 1. The highest BCUT2D eigenvalue weighted by Gasteiger charge is 2.14. The van der Waals surface area contributed by atoms with Gasteiger partial charge < -0.3 is 16.4 Å². The van der Waals surface area contributed by atoms with Crippen molar-refractivity contribution >= 4 is 40.5 Å². The molecule has 0 aliphatic rings. The second-order valence-corrected chi connectivity index (χ2v) is 4.83. The fourth-order valence-corrected chi connectivity index (χ4v) is 2.12. The Balaban J connectivity index is 2.22. The number of rotatable bonds is 3. The summed E-state index contributed by atoms with van der Waals surface area (Å²) in [6.45, 7) is 1.41. The highest BCUT2D eigenvalue weighted by molar-refractivity contribution is 6.35. The third kappa shape index (κ3) is 3.73. The molecule has 2 amide bonds. The molecule has 0 aliphatic heterocycles. The number of nitrogens with two attached hydrogens (primary N) is 1. The van der Waals surface area contributed by atoms with Gasteiger partial charge in [-0.3, -0.25) is 9.59 Å². The average molecular weight is 304 g/mol. The molecule has 108 valence electrons. The summed E-state index contributed by atoms with van der Waals surface area (Å²) < 4.78 is 0. The maximum Gasteiger partial charge on any atom is 0.259 e. The Morgan fingerprint density at radius 1 is 1.05 bits per heavy atom. The zero-order chi connectivity index (χ0) is 15.4. The monoisotopic (exact) mass is 303 g/mol. The summed E-state index contributed by atoms with van der Waals surface area (Å²) >= 11 is 5.99. The zero-order valence-corrected chi connectivity index (χ0v) is 12.1. The first-order valence-corrected chi connectivity index (χ1v) is 6.58. The molecule has 0 heterocycles. The van der Waals surface area contributed by atoms with Gasteiger partial charge in [-0.2, -0.15) is 0 Å². The second-order valence-electron chi connectivity index (χ2n) is 4.42. The van der Waals surface area contributed by atoms with E-state index in [9.17, 15) is 9.59 Å². The molecule has 2 aromatic rings. The Kier molecular flexibility index (Phi) is 4.45. The summed E-state index contributed by atoms with van der Waals surface area (Å²) in [5, 5.41) is 5.62. The van der Waals surface area contributed by atoms with Crippen LogP contribution >= 0.6 is 11.6 Å². The molecule has 0 unspecified atom stereocenters. The molecule has 0 aromatic heterocycles. The number of nitrogen functional groups attached to an aromatic ring is 1. The highest BCUT2D eigenvalue weighted by Crippen LogP contribution is 2.24. The molecule has 0 spiro atoms. The molecule has 21 heavy (non-hydrogen) atoms. The molecule has 4 N–H and O–H groups in total. The van der Waals surface area contributed by atoms with E-state index >= 15 is 0 Å². The van der Waals surface area contributed by atoms with Crippen LogP contribution in [0.2, 0.25) is 5.02 Å². The van der Waals surface area contributed by atoms with Gasteiger partial charge in [0.25, 0.3) is 5.91 Å². The molecule has 0 saturated carbocycles. The quantitative estimate of drug-likeness (QED) is 0.762. The van der Waals surface area contributed by atoms with Gasteiger partial charge in [-0.05, 0) is 30.3 Å². The zero-order valence-electron chi connectivity index (χ0n) is 11.3. The standard InChI is InChI=1S/C15H14ClN3O2/c1-9(20)18-10-4-2-5-11(8-10)19-15(21)14-12(16)6-3-7-13(14)17/h2-8H,17H2,1H3,(H,18,20)(H,19,21). The van der Waals surface area contributed by atoms with Crippen molar-refractivity contribution in [3.8, 4) is 0 Å². The van der Waals surface area contributed by atoms with Crippen LogP contribution in [-0.2, 0) is 4.79 Å².